The molecule has 2 aromatic heterocycles. The van der Waals surface area contributed by atoms with Gasteiger partial charge in [0, 0.05) is 35.8 Å². The molecule has 0 aliphatic carbocycles. The maximum Gasteiger partial charge on any atom is 0.261 e. The molecule has 0 radical (unpaired) electrons. The Kier molecular flexibility index (Phi) is 4.51. The molecule has 5 rings (SSSR count). The van der Waals surface area contributed by atoms with E-state index in [1.165, 1.54) is 6.07 Å². The first-order chi connectivity index (χ1) is 14.9. The number of hydrogen-bond donors (Lipinski definition) is 2. The second-order valence-electron chi connectivity index (χ2n) is 7.65. The Hall–Kier alpha value is -3.65. The largest absolute Gasteiger partial charge is 0.326 e. The first kappa shape index (κ1) is 19.3. The quantitative estimate of drug-likeness (QED) is 0.510. The minimum Gasteiger partial charge on any atom is -0.326 e. The van der Waals surface area contributed by atoms with E-state index < -0.39 is 10.0 Å². The van der Waals surface area contributed by atoms with Crippen molar-refractivity contribution in [2.45, 2.75) is 24.7 Å². The van der Waals surface area contributed by atoms with E-state index in [9.17, 15) is 13.2 Å². The van der Waals surface area contributed by atoms with Crippen molar-refractivity contribution in [2.24, 2.45) is 0 Å². The molecule has 31 heavy (non-hydrogen) atoms. The van der Waals surface area contributed by atoms with Crippen LogP contribution in [0.25, 0.3) is 16.9 Å². The van der Waals surface area contributed by atoms with Gasteiger partial charge in [0.1, 0.15) is 5.65 Å². The standard InChI is InChI=1S/C23H20N4O3S/c1-15-9-10-27-14-21(24-22(27)11-15)16-3-2-4-18(12-16)26-31(29,30)19-6-7-20-17(13-19)5-8-23(28)25-20/h2-4,6-7,9-14,26H,5,8H2,1H3,(H,25,28). The highest BCUT2D eigenvalue weighted by Gasteiger charge is 2.20. The van der Waals surface area contributed by atoms with Gasteiger partial charge < -0.3 is 9.72 Å². The predicted molar refractivity (Wildman–Crippen MR) is 120 cm³/mol. The lowest BCUT2D eigenvalue weighted by Crippen LogP contribution is -2.20. The number of imidazole rings is 1. The van der Waals surface area contributed by atoms with Crippen LogP contribution in [0.3, 0.4) is 0 Å². The molecule has 7 nitrogen and oxygen atoms in total. The minimum absolute atomic E-state index is 0.0554. The fourth-order valence-electron chi connectivity index (χ4n) is 3.71. The molecule has 4 aromatic rings. The number of aryl methyl sites for hydroxylation is 2. The smallest absolute Gasteiger partial charge is 0.261 e. The molecule has 0 saturated carbocycles. The summed E-state index contributed by atoms with van der Waals surface area (Å²) in [5.41, 5.74) is 5.47. The number of hydrogen-bond acceptors (Lipinski definition) is 4. The zero-order chi connectivity index (χ0) is 21.6. The molecule has 1 aliphatic heterocycles. The van der Waals surface area contributed by atoms with Gasteiger partial charge in [-0.3, -0.25) is 9.52 Å². The zero-order valence-corrected chi connectivity index (χ0v) is 17.6. The summed E-state index contributed by atoms with van der Waals surface area (Å²) in [7, 11) is -3.78. The first-order valence-electron chi connectivity index (χ1n) is 9.89. The average molecular weight is 433 g/mol. The summed E-state index contributed by atoms with van der Waals surface area (Å²) in [5, 5.41) is 2.77. The van der Waals surface area contributed by atoms with Gasteiger partial charge >= 0.3 is 0 Å². The molecular formula is C23H20N4O3S. The Morgan fingerprint density at radius 1 is 1.06 bits per heavy atom. The molecule has 0 atom stereocenters. The van der Waals surface area contributed by atoms with Crippen LogP contribution in [0.15, 0.2) is 71.9 Å². The van der Waals surface area contributed by atoms with Crippen LogP contribution in [0.5, 0.6) is 0 Å². The third-order valence-corrected chi connectivity index (χ3v) is 6.69. The van der Waals surface area contributed by atoms with Gasteiger partial charge in [0.05, 0.1) is 10.6 Å². The second kappa shape index (κ2) is 7.24. The summed E-state index contributed by atoms with van der Waals surface area (Å²) in [6, 6.07) is 15.9. The number of benzene rings is 2. The number of nitrogens with zero attached hydrogens (tertiary/aromatic N) is 2. The Balaban J connectivity index is 1.44. The molecule has 0 spiro atoms. The topological polar surface area (TPSA) is 92.6 Å². The third kappa shape index (κ3) is 3.77. The number of anilines is 2. The molecule has 156 valence electrons. The normalized spacial score (nSPS) is 13.6. The summed E-state index contributed by atoms with van der Waals surface area (Å²) in [6.45, 7) is 2.01. The fraction of sp³-hybridized carbons (Fsp3) is 0.130. The van der Waals surface area contributed by atoms with Crippen molar-refractivity contribution >= 4 is 33.0 Å². The number of fused-ring (bicyclic) bond motifs is 2. The SMILES string of the molecule is Cc1ccn2cc(-c3cccc(NS(=O)(=O)c4ccc5c(c4)CCC(=O)N5)c3)nc2c1. The molecule has 2 N–H and O–H groups in total. The lowest BCUT2D eigenvalue weighted by molar-refractivity contribution is -0.116. The lowest BCUT2D eigenvalue weighted by Gasteiger charge is -2.18. The molecule has 2 aromatic carbocycles. The molecule has 1 aliphatic rings. The van der Waals surface area contributed by atoms with Gasteiger partial charge in [-0.15, -0.1) is 0 Å². The maximum absolute atomic E-state index is 13.0. The molecule has 0 saturated heterocycles. The van der Waals surface area contributed by atoms with Crippen molar-refractivity contribution in [1.82, 2.24) is 9.38 Å². The van der Waals surface area contributed by atoms with Crippen LogP contribution in [0.1, 0.15) is 17.5 Å². The van der Waals surface area contributed by atoms with Gasteiger partial charge in [-0.1, -0.05) is 12.1 Å². The average Bonchev–Trinajstić information content (AvgIpc) is 3.16. The molecular weight excluding hydrogens is 412 g/mol. The predicted octanol–water partition coefficient (Wildman–Crippen LogP) is 4.00. The number of aromatic nitrogens is 2. The van der Waals surface area contributed by atoms with Crippen LogP contribution in [0.2, 0.25) is 0 Å². The van der Waals surface area contributed by atoms with Gasteiger partial charge in [0.25, 0.3) is 10.0 Å². The van der Waals surface area contributed by atoms with Crippen molar-refractivity contribution in [1.29, 1.82) is 0 Å². The van der Waals surface area contributed by atoms with Crippen molar-refractivity contribution in [3.8, 4) is 11.3 Å². The highest BCUT2D eigenvalue weighted by Crippen LogP contribution is 2.28. The minimum atomic E-state index is -3.78. The van der Waals surface area contributed by atoms with Crippen LogP contribution in [0.4, 0.5) is 11.4 Å². The van der Waals surface area contributed by atoms with Gasteiger partial charge in [-0.25, -0.2) is 13.4 Å². The van der Waals surface area contributed by atoms with Crippen LogP contribution in [-0.2, 0) is 21.2 Å². The van der Waals surface area contributed by atoms with Gasteiger partial charge in [0.2, 0.25) is 5.91 Å². The van der Waals surface area contributed by atoms with Crippen LogP contribution in [-0.4, -0.2) is 23.7 Å². The molecule has 1 amide bonds. The zero-order valence-electron chi connectivity index (χ0n) is 16.8. The summed E-state index contributed by atoms with van der Waals surface area (Å²) in [4.78, 5) is 16.3. The highest BCUT2D eigenvalue weighted by molar-refractivity contribution is 7.92. The first-order valence-corrected chi connectivity index (χ1v) is 11.4. The fourth-order valence-corrected chi connectivity index (χ4v) is 4.81. The summed E-state index contributed by atoms with van der Waals surface area (Å²) in [6.07, 6.45) is 4.74. The number of nitrogens with one attached hydrogen (secondary N) is 2. The van der Waals surface area contributed by atoms with Crippen molar-refractivity contribution < 1.29 is 13.2 Å². The third-order valence-electron chi connectivity index (χ3n) is 5.31. The van der Waals surface area contributed by atoms with Crippen molar-refractivity contribution in [3.63, 3.8) is 0 Å². The van der Waals surface area contributed by atoms with E-state index in [0.29, 0.717) is 24.2 Å². The summed E-state index contributed by atoms with van der Waals surface area (Å²) < 4.78 is 30.5. The van der Waals surface area contributed by atoms with Crippen molar-refractivity contribution in [2.75, 3.05) is 10.0 Å². The molecule has 0 bridgehead atoms. The molecule has 0 unspecified atom stereocenters. The maximum atomic E-state index is 13.0. The second-order valence-corrected chi connectivity index (χ2v) is 9.33. The van der Waals surface area contributed by atoms with E-state index >= 15 is 0 Å². The highest BCUT2D eigenvalue weighted by atomic mass is 32.2. The monoisotopic (exact) mass is 432 g/mol. The van der Waals surface area contributed by atoms with Crippen LogP contribution >= 0.6 is 0 Å². The van der Waals surface area contributed by atoms with Crippen LogP contribution < -0.4 is 10.0 Å². The van der Waals surface area contributed by atoms with Gasteiger partial charge in [-0.2, -0.15) is 0 Å². The Morgan fingerprint density at radius 2 is 1.94 bits per heavy atom. The van der Waals surface area contributed by atoms with E-state index in [4.69, 9.17) is 0 Å². The molecule has 3 heterocycles. The van der Waals surface area contributed by atoms with E-state index in [0.717, 1.165) is 28.0 Å². The molecule has 8 heteroatoms. The van der Waals surface area contributed by atoms with Crippen molar-refractivity contribution in [3.05, 3.63) is 78.1 Å². The number of carbonyl (C=O) groups excluding carboxylic acids is 1. The van der Waals surface area contributed by atoms with E-state index in [2.05, 4.69) is 15.0 Å². The molecule has 0 fully saturated rings. The summed E-state index contributed by atoms with van der Waals surface area (Å²) >= 11 is 0. The lowest BCUT2D eigenvalue weighted by atomic mass is 10.0. The Morgan fingerprint density at radius 3 is 2.81 bits per heavy atom. The Labute approximate surface area is 179 Å². The van der Waals surface area contributed by atoms with E-state index in [1.54, 1.807) is 30.3 Å². The number of pyridine rings is 1. The van der Waals surface area contributed by atoms with Gasteiger partial charge in [0.15, 0.2) is 0 Å². The number of amides is 1. The van der Waals surface area contributed by atoms with E-state index in [1.807, 2.05) is 41.9 Å². The van der Waals surface area contributed by atoms with Crippen LogP contribution in [0, 0.1) is 6.92 Å². The number of carbonyl (C=O) groups is 1. The number of rotatable bonds is 4. The van der Waals surface area contributed by atoms with Gasteiger partial charge in [-0.05, 0) is 66.9 Å². The summed E-state index contributed by atoms with van der Waals surface area (Å²) in [5.74, 6) is -0.0554. The van der Waals surface area contributed by atoms with E-state index in [-0.39, 0.29) is 10.8 Å². The number of sulfonamides is 1. The Bertz CT molecular complexity index is 1440.